The van der Waals surface area contributed by atoms with Gasteiger partial charge in [0.2, 0.25) is 0 Å². The summed E-state index contributed by atoms with van der Waals surface area (Å²) in [6.45, 7) is 3.40. The number of aryl methyl sites for hydroxylation is 1. The minimum atomic E-state index is -0.476. The zero-order chi connectivity index (χ0) is 23.2. The first-order chi connectivity index (χ1) is 15.2. The second kappa shape index (κ2) is 8.46. The van der Waals surface area contributed by atoms with E-state index < -0.39 is 11.1 Å². The van der Waals surface area contributed by atoms with Gasteiger partial charge in [0.25, 0.3) is 11.1 Å². The van der Waals surface area contributed by atoms with Gasteiger partial charge in [-0.15, -0.1) is 10.2 Å². The molecule has 0 radical (unpaired) electrons. The monoisotopic (exact) mass is 490 g/mol. The first-order valence-corrected chi connectivity index (χ1v) is 10.6. The molecule has 4 aromatic rings. The van der Waals surface area contributed by atoms with Gasteiger partial charge < -0.3 is 0 Å². The number of benzene rings is 2. The van der Waals surface area contributed by atoms with E-state index in [1.54, 1.807) is 68.0 Å². The topological polar surface area (TPSA) is 89.4 Å². The number of hydrogen-bond donors (Lipinski definition) is 1. The molecule has 2 aromatic carbocycles. The number of nitrogens with zero attached hydrogens (tertiary/aromatic N) is 5. The zero-order valence-corrected chi connectivity index (χ0v) is 19.5. The molecule has 8 nitrogen and oxygen atoms in total. The molecule has 0 saturated heterocycles. The van der Waals surface area contributed by atoms with Crippen molar-refractivity contribution in [2.75, 3.05) is 0 Å². The number of hydrogen-bond acceptors (Lipinski definition) is 4. The van der Waals surface area contributed by atoms with Crippen molar-refractivity contribution in [3.05, 3.63) is 89.6 Å². The van der Waals surface area contributed by atoms with Crippen molar-refractivity contribution in [2.45, 2.75) is 13.8 Å². The fourth-order valence-electron chi connectivity index (χ4n) is 3.29. The van der Waals surface area contributed by atoms with E-state index in [1.807, 2.05) is 0 Å². The van der Waals surface area contributed by atoms with Gasteiger partial charge in [0.1, 0.15) is 0 Å². The van der Waals surface area contributed by atoms with Crippen LogP contribution < -0.4 is 11.1 Å². The van der Waals surface area contributed by atoms with Crippen molar-refractivity contribution in [3.63, 3.8) is 0 Å². The Balaban J connectivity index is 1.81. The third-order valence-corrected chi connectivity index (χ3v) is 5.92. The Morgan fingerprint density at radius 3 is 2.22 bits per heavy atom. The van der Waals surface area contributed by atoms with Crippen LogP contribution in [0, 0.1) is 13.8 Å². The Morgan fingerprint density at radius 2 is 1.50 bits per heavy atom. The minimum Gasteiger partial charge on any atom is -0.293 e. The van der Waals surface area contributed by atoms with Gasteiger partial charge in [-0.3, -0.25) is 19.4 Å². The molecule has 2 heterocycles. The lowest BCUT2D eigenvalue weighted by Crippen LogP contribution is -2.19. The number of H-pyrrole nitrogens is 1. The van der Waals surface area contributed by atoms with Crippen LogP contribution in [-0.4, -0.2) is 19.1 Å². The van der Waals surface area contributed by atoms with Gasteiger partial charge in [-0.25, -0.2) is 9.36 Å². The first kappa shape index (κ1) is 22.1. The first-order valence-electron chi connectivity index (χ1n) is 9.43. The Morgan fingerprint density at radius 1 is 0.844 bits per heavy atom. The highest BCUT2D eigenvalue weighted by Gasteiger charge is 2.19. The molecule has 0 amide bonds. The predicted octanol–water partition coefficient (Wildman–Crippen LogP) is 5.65. The minimum absolute atomic E-state index is 0.0491. The molecule has 0 saturated carbocycles. The highest BCUT2D eigenvalue weighted by atomic mass is 35.5. The van der Waals surface area contributed by atoms with Gasteiger partial charge in [-0.05, 0) is 44.2 Å². The van der Waals surface area contributed by atoms with E-state index in [0.717, 1.165) is 0 Å². The number of azo groups is 1. The Bertz CT molecular complexity index is 1490. The van der Waals surface area contributed by atoms with E-state index in [1.165, 1.54) is 9.36 Å². The van der Waals surface area contributed by atoms with Crippen molar-refractivity contribution >= 4 is 46.2 Å². The molecule has 0 atom stereocenters. The highest BCUT2D eigenvalue weighted by Crippen LogP contribution is 2.26. The summed E-state index contributed by atoms with van der Waals surface area (Å²) in [6.07, 6.45) is 0. The number of para-hydroxylation sites is 1. The summed E-state index contributed by atoms with van der Waals surface area (Å²) in [5, 5.41) is 12.3. The predicted molar refractivity (Wildman–Crippen MR) is 126 cm³/mol. The molecule has 0 unspecified atom stereocenters. The Labute approximate surface area is 197 Å². The largest absolute Gasteiger partial charge is 0.299 e. The third-order valence-electron chi connectivity index (χ3n) is 5.04. The molecule has 32 heavy (non-hydrogen) atoms. The van der Waals surface area contributed by atoms with Gasteiger partial charge in [-0.2, -0.15) is 0 Å². The smallest absolute Gasteiger partial charge is 0.293 e. The van der Waals surface area contributed by atoms with Gasteiger partial charge >= 0.3 is 0 Å². The molecule has 164 valence electrons. The van der Waals surface area contributed by atoms with E-state index in [0.29, 0.717) is 37.8 Å². The van der Waals surface area contributed by atoms with Crippen LogP contribution >= 0.6 is 34.8 Å². The summed E-state index contributed by atoms with van der Waals surface area (Å²) >= 11 is 18.5. The lowest BCUT2D eigenvalue weighted by molar-refractivity contribution is 0.630. The van der Waals surface area contributed by atoms with Crippen molar-refractivity contribution in [3.8, 4) is 11.4 Å². The second-order valence-electron chi connectivity index (χ2n) is 7.05. The van der Waals surface area contributed by atoms with Crippen LogP contribution in [0.25, 0.3) is 11.4 Å². The van der Waals surface area contributed by atoms with E-state index in [4.69, 9.17) is 34.8 Å². The summed E-state index contributed by atoms with van der Waals surface area (Å²) in [4.78, 5) is 26.0. The zero-order valence-electron chi connectivity index (χ0n) is 17.2. The average molecular weight is 492 g/mol. The fraction of sp³-hybridized carbons (Fsp3) is 0.143. The average Bonchev–Trinajstić information content (AvgIpc) is 3.15. The maximum absolute atomic E-state index is 13.1. The summed E-state index contributed by atoms with van der Waals surface area (Å²) in [7, 11) is 1.72. The highest BCUT2D eigenvalue weighted by molar-refractivity contribution is 6.34. The lowest BCUT2D eigenvalue weighted by Gasteiger charge is -2.09. The van der Waals surface area contributed by atoms with Gasteiger partial charge in [0.05, 0.1) is 32.8 Å². The number of aromatic nitrogens is 4. The van der Waals surface area contributed by atoms with E-state index in [2.05, 4.69) is 15.3 Å². The maximum Gasteiger partial charge on any atom is 0.299 e. The SMILES string of the molecule is Cc1[nH]n(-c2cc(Cl)ccc2Cl)c(=O)c1N=Nc1c(C)n(C)n(-c2ccccc2Cl)c1=O. The molecule has 0 aliphatic rings. The molecule has 0 bridgehead atoms. The summed E-state index contributed by atoms with van der Waals surface area (Å²) in [5.74, 6) is 0. The molecule has 1 N–H and O–H groups in total. The second-order valence-corrected chi connectivity index (χ2v) is 8.30. The van der Waals surface area contributed by atoms with E-state index >= 15 is 0 Å². The van der Waals surface area contributed by atoms with Gasteiger partial charge in [-0.1, -0.05) is 46.9 Å². The normalized spacial score (nSPS) is 11.6. The van der Waals surface area contributed by atoms with Crippen LogP contribution in [0.1, 0.15) is 11.4 Å². The fourth-order valence-corrected chi connectivity index (χ4v) is 3.87. The molecule has 4 rings (SSSR count). The van der Waals surface area contributed by atoms with Crippen LogP contribution in [0.2, 0.25) is 15.1 Å². The van der Waals surface area contributed by atoms with Crippen molar-refractivity contribution in [2.24, 2.45) is 17.3 Å². The van der Waals surface area contributed by atoms with Crippen LogP contribution in [0.15, 0.2) is 62.3 Å². The molecule has 0 aliphatic heterocycles. The van der Waals surface area contributed by atoms with Crippen molar-refractivity contribution in [1.82, 2.24) is 19.1 Å². The van der Waals surface area contributed by atoms with Crippen LogP contribution in [0.4, 0.5) is 11.4 Å². The van der Waals surface area contributed by atoms with E-state index in [-0.39, 0.29) is 11.4 Å². The molecule has 0 fully saturated rings. The molecule has 2 aromatic heterocycles. The lowest BCUT2D eigenvalue weighted by atomic mass is 10.3. The number of halogens is 3. The number of aromatic amines is 1. The summed E-state index contributed by atoms with van der Waals surface area (Å²) < 4.78 is 4.27. The number of nitrogens with one attached hydrogen (secondary N) is 1. The van der Waals surface area contributed by atoms with Crippen LogP contribution in [0.5, 0.6) is 0 Å². The summed E-state index contributed by atoms with van der Waals surface area (Å²) in [5.41, 5.74) is 1.17. The molecule has 11 heteroatoms. The Hall–Kier alpha value is -3.07. The van der Waals surface area contributed by atoms with Crippen LogP contribution in [0.3, 0.4) is 0 Å². The molecule has 0 aliphatic carbocycles. The molecular formula is C21H17Cl3N6O2. The van der Waals surface area contributed by atoms with Gasteiger partial charge in [0.15, 0.2) is 11.4 Å². The Kier molecular flexibility index (Phi) is 5.85. The quantitative estimate of drug-likeness (QED) is 0.374. The molecular weight excluding hydrogens is 475 g/mol. The standard InChI is InChI=1S/C21H17Cl3N6O2/c1-11-18(20(31)29(27-11)17-10-13(22)8-9-15(17)24)25-26-19-12(2)28(3)30(21(19)32)16-7-5-4-6-14(16)23/h4-10,27H,1-3H3. The van der Waals surface area contributed by atoms with Crippen molar-refractivity contribution < 1.29 is 0 Å². The van der Waals surface area contributed by atoms with E-state index in [9.17, 15) is 9.59 Å². The summed E-state index contributed by atoms with van der Waals surface area (Å²) in [6, 6.07) is 11.8. The van der Waals surface area contributed by atoms with Gasteiger partial charge in [0, 0.05) is 12.1 Å². The number of rotatable bonds is 4. The molecule has 0 spiro atoms. The van der Waals surface area contributed by atoms with Crippen LogP contribution in [-0.2, 0) is 7.05 Å². The van der Waals surface area contributed by atoms with Crippen molar-refractivity contribution in [1.29, 1.82) is 0 Å². The maximum atomic E-state index is 13.1. The third kappa shape index (κ3) is 3.70.